The van der Waals surface area contributed by atoms with Crippen molar-refractivity contribution in [2.75, 3.05) is 18.4 Å². The first-order valence-electron chi connectivity index (χ1n) is 15.5. The van der Waals surface area contributed by atoms with E-state index in [0.717, 1.165) is 12.0 Å². The number of carbonyl (C=O) groups is 6. The van der Waals surface area contributed by atoms with E-state index in [1.807, 2.05) is 18.2 Å². The number of carbonyl (C=O) groups excluding carboxylic acids is 6. The van der Waals surface area contributed by atoms with E-state index in [1.54, 1.807) is 31.3 Å². The molecule has 0 saturated heterocycles. The number of amides is 7. The maximum absolute atomic E-state index is 13.4. The van der Waals surface area contributed by atoms with Gasteiger partial charge in [0.1, 0.15) is 12.1 Å². The molecule has 0 aliphatic carbocycles. The summed E-state index contributed by atoms with van der Waals surface area (Å²) in [7, 11) is 0. The number of anilines is 1. The van der Waals surface area contributed by atoms with Crippen LogP contribution in [0.15, 0.2) is 48.6 Å². The number of imide groups is 1. The van der Waals surface area contributed by atoms with Crippen LogP contribution in [0.3, 0.4) is 0 Å². The summed E-state index contributed by atoms with van der Waals surface area (Å²) in [5, 5.41) is 11.0. The van der Waals surface area contributed by atoms with Crippen molar-refractivity contribution in [3.05, 3.63) is 63.9 Å². The first-order chi connectivity index (χ1) is 21.9. The summed E-state index contributed by atoms with van der Waals surface area (Å²) >= 11 is 1.72. The van der Waals surface area contributed by atoms with Crippen molar-refractivity contribution in [3.63, 3.8) is 0 Å². The summed E-state index contributed by atoms with van der Waals surface area (Å²) < 4.78 is 0. The third-order valence-electron chi connectivity index (χ3n) is 7.42. The number of urea groups is 1. The smallest absolute Gasteiger partial charge is 0.312 e. The third kappa shape index (κ3) is 11.8. The van der Waals surface area contributed by atoms with Gasteiger partial charge < -0.3 is 27.0 Å². The van der Waals surface area contributed by atoms with Gasteiger partial charge in [0.25, 0.3) is 11.8 Å². The van der Waals surface area contributed by atoms with E-state index in [-0.39, 0.29) is 43.0 Å². The highest BCUT2D eigenvalue weighted by Gasteiger charge is 2.29. The Labute approximate surface area is 273 Å². The summed E-state index contributed by atoms with van der Waals surface area (Å²) in [6.07, 6.45) is 5.69. The number of nitrogens with zero attached hydrogens (tertiary/aromatic N) is 1. The predicted molar refractivity (Wildman–Crippen MR) is 177 cm³/mol. The second kappa shape index (κ2) is 17.8. The molecule has 12 nitrogen and oxygen atoms in total. The van der Waals surface area contributed by atoms with Gasteiger partial charge in [-0.25, -0.2) is 4.79 Å². The summed E-state index contributed by atoms with van der Waals surface area (Å²) in [4.78, 5) is 77.6. The van der Waals surface area contributed by atoms with Crippen LogP contribution in [0.25, 0.3) is 0 Å². The SMILES string of the molecule is Cc1ccc(Cc2cccc(NC(=O)[C@H](CCCNC(N)=O)NC(=O)[C@@H](NC(=O)CCCCCN3C(=O)C=CC3=O)C(C)C)c2)s1. The maximum Gasteiger partial charge on any atom is 0.312 e. The second-order valence-electron chi connectivity index (χ2n) is 11.6. The van der Waals surface area contributed by atoms with Gasteiger partial charge in [-0.3, -0.25) is 28.9 Å². The second-order valence-corrected chi connectivity index (χ2v) is 13.0. The predicted octanol–water partition coefficient (Wildman–Crippen LogP) is 3.15. The highest BCUT2D eigenvalue weighted by atomic mass is 32.1. The number of hydrogen-bond acceptors (Lipinski definition) is 7. The van der Waals surface area contributed by atoms with Crippen molar-refractivity contribution in [1.29, 1.82) is 0 Å². The number of unbranched alkanes of at least 4 members (excludes halogenated alkanes) is 2. The molecule has 2 aromatic rings. The molecule has 2 atom stereocenters. The van der Waals surface area contributed by atoms with E-state index in [0.29, 0.717) is 37.9 Å². The first kappa shape index (κ1) is 36.0. The van der Waals surface area contributed by atoms with Crippen LogP contribution < -0.4 is 27.0 Å². The lowest BCUT2D eigenvalue weighted by Crippen LogP contribution is -2.54. The van der Waals surface area contributed by atoms with E-state index in [4.69, 9.17) is 5.73 Å². The number of nitrogens with one attached hydrogen (secondary N) is 4. The average Bonchev–Trinajstić information content (AvgIpc) is 3.55. The standard InChI is InChI=1S/C33H44N6O6S/c1-21(2)30(38-27(40)12-5-4-6-18-39-28(41)15-16-29(39)42)32(44)37-26(11-8-17-35-33(34)45)31(43)36-24-10-7-9-23(19-24)20-25-14-13-22(3)46-25/h7,9-10,13-16,19,21,26,30H,4-6,8,11-12,17-18,20H2,1-3H3,(H,36,43)(H,37,44)(H,38,40)(H3,34,35,45)/t26-,30-/m0/s1. The van der Waals surface area contributed by atoms with Crippen molar-refractivity contribution >= 4 is 52.6 Å². The fraction of sp³-hybridized carbons (Fsp3) is 0.455. The molecule has 1 aliphatic rings. The maximum atomic E-state index is 13.4. The van der Waals surface area contributed by atoms with Crippen LogP contribution in [0.1, 0.15) is 67.7 Å². The molecule has 3 rings (SSSR count). The van der Waals surface area contributed by atoms with Gasteiger partial charge >= 0.3 is 6.03 Å². The van der Waals surface area contributed by atoms with Crippen molar-refractivity contribution in [1.82, 2.24) is 20.9 Å². The van der Waals surface area contributed by atoms with Crippen LogP contribution in [-0.4, -0.2) is 65.6 Å². The third-order valence-corrected chi connectivity index (χ3v) is 8.42. The number of nitrogens with two attached hydrogens (primary N) is 1. The van der Waals surface area contributed by atoms with Crippen molar-refractivity contribution < 1.29 is 28.8 Å². The van der Waals surface area contributed by atoms with Crippen LogP contribution >= 0.6 is 11.3 Å². The number of aryl methyl sites for hydroxylation is 1. The number of hydrogen-bond donors (Lipinski definition) is 5. The van der Waals surface area contributed by atoms with Crippen LogP contribution in [0.5, 0.6) is 0 Å². The highest BCUT2D eigenvalue weighted by molar-refractivity contribution is 7.11. The highest BCUT2D eigenvalue weighted by Crippen LogP contribution is 2.21. The Hall–Kier alpha value is -4.52. The molecule has 248 valence electrons. The van der Waals surface area contributed by atoms with Gasteiger partial charge in [0.2, 0.25) is 17.7 Å². The Morgan fingerprint density at radius 1 is 0.913 bits per heavy atom. The lowest BCUT2D eigenvalue weighted by molar-refractivity contribution is -0.137. The Morgan fingerprint density at radius 3 is 2.30 bits per heavy atom. The molecule has 6 N–H and O–H groups in total. The Morgan fingerprint density at radius 2 is 1.65 bits per heavy atom. The molecule has 0 unspecified atom stereocenters. The number of rotatable bonds is 18. The van der Waals surface area contributed by atoms with E-state index in [9.17, 15) is 28.8 Å². The number of primary amides is 1. The van der Waals surface area contributed by atoms with Crippen molar-refractivity contribution in [2.45, 2.75) is 77.8 Å². The summed E-state index contributed by atoms with van der Waals surface area (Å²) in [6.45, 7) is 6.18. The molecule has 0 spiro atoms. The zero-order valence-corrected chi connectivity index (χ0v) is 27.4. The summed E-state index contributed by atoms with van der Waals surface area (Å²) in [5.41, 5.74) is 6.79. The molecule has 2 heterocycles. The molecule has 0 radical (unpaired) electrons. The van der Waals surface area contributed by atoms with E-state index >= 15 is 0 Å². The molecule has 13 heteroatoms. The van der Waals surface area contributed by atoms with Gasteiger partial charge in [0.05, 0.1) is 0 Å². The average molecular weight is 653 g/mol. The van der Waals surface area contributed by atoms with Crippen molar-refractivity contribution in [3.8, 4) is 0 Å². The van der Waals surface area contributed by atoms with E-state index in [2.05, 4.69) is 40.3 Å². The van der Waals surface area contributed by atoms with Crippen molar-refractivity contribution in [2.24, 2.45) is 11.7 Å². The zero-order valence-electron chi connectivity index (χ0n) is 26.6. The summed E-state index contributed by atoms with van der Waals surface area (Å²) in [5.74, 6) is -2.15. The molecular formula is C33H44N6O6S. The van der Waals surface area contributed by atoms with Crippen LogP contribution in [-0.2, 0) is 30.4 Å². The monoisotopic (exact) mass is 652 g/mol. The molecular weight excluding hydrogens is 608 g/mol. The fourth-order valence-corrected chi connectivity index (χ4v) is 5.91. The quantitative estimate of drug-likeness (QED) is 0.122. The Kier molecular flexibility index (Phi) is 13.9. The minimum Gasteiger partial charge on any atom is -0.352 e. The van der Waals surface area contributed by atoms with Gasteiger partial charge in [-0.05, 0) is 68.4 Å². The molecule has 46 heavy (non-hydrogen) atoms. The minimum atomic E-state index is -0.936. The normalized spacial score (nSPS) is 13.9. The van der Waals surface area contributed by atoms with Gasteiger partial charge in [-0.15, -0.1) is 11.3 Å². The van der Waals surface area contributed by atoms with E-state index < -0.39 is 29.9 Å². The molecule has 1 aromatic heterocycles. The molecule has 0 bridgehead atoms. The van der Waals surface area contributed by atoms with Crippen LogP contribution in [0.2, 0.25) is 0 Å². The van der Waals surface area contributed by atoms with Crippen LogP contribution in [0.4, 0.5) is 10.5 Å². The molecule has 1 aromatic carbocycles. The lowest BCUT2D eigenvalue weighted by Gasteiger charge is -2.25. The summed E-state index contributed by atoms with van der Waals surface area (Å²) in [6, 6.07) is 9.19. The van der Waals surface area contributed by atoms with Gasteiger partial charge in [-0.2, -0.15) is 0 Å². The van der Waals surface area contributed by atoms with Crippen LogP contribution in [0, 0.1) is 12.8 Å². The Balaban J connectivity index is 1.56. The fourth-order valence-electron chi connectivity index (χ4n) is 4.98. The molecule has 7 amide bonds. The molecule has 0 fully saturated rings. The zero-order chi connectivity index (χ0) is 33.6. The lowest BCUT2D eigenvalue weighted by atomic mass is 10.0. The molecule has 0 saturated carbocycles. The largest absolute Gasteiger partial charge is 0.352 e. The topological polar surface area (TPSA) is 180 Å². The first-order valence-corrected chi connectivity index (χ1v) is 16.4. The van der Waals surface area contributed by atoms with Gasteiger partial charge in [0.15, 0.2) is 0 Å². The minimum absolute atomic E-state index is 0.167. The number of benzene rings is 1. The van der Waals surface area contributed by atoms with E-state index in [1.165, 1.54) is 26.8 Å². The number of thiophene rings is 1. The van der Waals surface area contributed by atoms with Gasteiger partial charge in [0, 0.05) is 53.5 Å². The van der Waals surface area contributed by atoms with Gasteiger partial charge in [-0.1, -0.05) is 32.4 Å². The Bertz CT molecular complexity index is 1420. The molecule has 1 aliphatic heterocycles.